The molecule has 0 aliphatic carbocycles. The van der Waals surface area contributed by atoms with E-state index < -0.39 is 5.92 Å². The van der Waals surface area contributed by atoms with Crippen molar-refractivity contribution < 1.29 is 8.78 Å². The van der Waals surface area contributed by atoms with Gasteiger partial charge in [-0.2, -0.15) is 0 Å². The van der Waals surface area contributed by atoms with E-state index in [-0.39, 0.29) is 18.8 Å². The average molecular weight is 389 g/mol. The van der Waals surface area contributed by atoms with Gasteiger partial charge in [0, 0.05) is 37.5 Å². The van der Waals surface area contributed by atoms with Crippen molar-refractivity contribution in [3.8, 4) is 0 Å². The lowest BCUT2D eigenvalue weighted by Gasteiger charge is -2.22. The summed E-state index contributed by atoms with van der Waals surface area (Å²) in [5.41, 5.74) is 3.05. The molecule has 152 valence electrons. The van der Waals surface area contributed by atoms with Crippen LogP contribution in [0.1, 0.15) is 74.0 Å². The third kappa shape index (κ3) is 5.69. The predicted octanol–water partition coefficient (Wildman–Crippen LogP) is 5.47. The lowest BCUT2D eigenvalue weighted by Crippen LogP contribution is -2.20. The van der Waals surface area contributed by atoms with E-state index in [0.29, 0.717) is 18.7 Å². The van der Waals surface area contributed by atoms with E-state index in [1.807, 2.05) is 13.0 Å². The molecule has 1 aliphatic rings. The fraction of sp³-hybridized carbons (Fsp3) is 0.591. The van der Waals surface area contributed by atoms with Gasteiger partial charge in [-0.3, -0.25) is 0 Å². The Labute approximate surface area is 166 Å². The molecule has 2 aromatic rings. The first-order valence-electron chi connectivity index (χ1n) is 10.4. The van der Waals surface area contributed by atoms with Gasteiger partial charge in [0.1, 0.15) is 11.6 Å². The first-order valence-corrected chi connectivity index (χ1v) is 10.4. The van der Waals surface area contributed by atoms with Crippen molar-refractivity contribution in [3.63, 3.8) is 0 Å². The van der Waals surface area contributed by atoms with Crippen LogP contribution in [0.5, 0.6) is 0 Å². The molecule has 0 fully saturated rings. The van der Waals surface area contributed by atoms with Crippen molar-refractivity contribution in [2.75, 3.05) is 11.9 Å². The van der Waals surface area contributed by atoms with Crippen LogP contribution in [-0.2, 0) is 12.8 Å². The molecule has 3 heterocycles. The maximum atomic E-state index is 14.5. The van der Waals surface area contributed by atoms with Crippen molar-refractivity contribution in [1.29, 1.82) is 0 Å². The molecule has 1 N–H and O–H groups in total. The third-order valence-electron chi connectivity index (χ3n) is 5.49. The number of alkyl halides is 2. The quantitative estimate of drug-likeness (QED) is 0.579. The Hall–Kier alpha value is -2.11. The molecule has 3 rings (SSSR count). The third-order valence-corrected chi connectivity index (χ3v) is 5.49. The molecule has 0 radical (unpaired) electrons. The van der Waals surface area contributed by atoms with Gasteiger partial charge in [-0.1, -0.05) is 13.0 Å². The number of aromatic nitrogens is 3. The zero-order chi connectivity index (χ0) is 20.0. The Morgan fingerprint density at radius 3 is 2.71 bits per heavy atom. The monoisotopic (exact) mass is 388 g/mol. The lowest BCUT2D eigenvalue weighted by atomic mass is 9.90. The number of nitrogens with zero attached hydrogens (tertiary/aromatic N) is 3. The SMILES string of the molecule is CC[C@H](CC(F)(F)CCCCc1ccc2c(n1)NCCC2)c1cnc(C)nc1. The summed E-state index contributed by atoms with van der Waals surface area (Å²) in [6, 6.07) is 4.16. The number of halogens is 2. The number of nitrogens with one attached hydrogen (secondary N) is 1. The number of rotatable bonds is 9. The first-order chi connectivity index (χ1) is 13.5. The van der Waals surface area contributed by atoms with Crippen LogP contribution < -0.4 is 5.32 Å². The minimum absolute atomic E-state index is 0.0839. The number of fused-ring (bicyclic) bond motifs is 1. The molecular weight excluding hydrogens is 358 g/mol. The molecule has 0 saturated carbocycles. The van der Waals surface area contributed by atoms with Crippen LogP contribution in [-0.4, -0.2) is 27.4 Å². The van der Waals surface area contributed by atoms with Gasteiger partial charge >= 0.3 is 0 Å². The average Bonchev–Trinajstić information content (AvgIpc) is 2.70. The molecule has 0 bridgehead atoms. The highest BCUT2D eigenvalue weighted by Gasteiger charge is 2.32. The van der Waals surface area contributed by atoms with Crippen LogP contribution in [0.25, 0.3) is 0 Å². The van der Waals surface area contributed by atoms with Crippen LogP contribution in [0.3, 0.4) is 0 Å². The summed E-state index contributed by atoms with van der Waals surface area (Å²) < 4.78 is 29.0. The Balaban J connectivity index is 1.47. The Kier molecular flexibility index (Phi) is 6.92. The number of aryl methyl sites for hydroxylation is 3. The molecule has 1 aliphatic heterocycles. The highest BCUT2D eigenvalue weighted by molar-refractivity contribution is 5.46. The standard InChI is InChI=1S/C22H30F2N4/c1-3-17(19-14-26-16(2)27-15-19)13-22(23,24)11-5-4-8-20-10-9-18-7-6-12-25-21(18)28-20/h9-10,14-15,17H,3-8,11-13H2,1-2H3,(H,25,28)/t17-/m1/s1. The van der Waals surface area contributed by atoms with Crippen LogP contribution in [0.4, 0.5) is 14.6 Å². The predicted molar refractivity (Wildman–Crippen MR) is 108 cm³/mol. The van der Waals surface area contributed by atoms with Gasteiger partial charge in [-0.25, -0.2) is 23.7 Å². The van der Waals surface area contributed by atoms with Crippen LogP contribution in [0.15, 0.2) is 24.5 Å². The highest BCUT2D eigenvalue weighted by atomic mass is 19.3. The molecule has 0 spiro atoms. The topological polar surface area (TPSA) is 50.7 Å². The smallest absolute Gasteiger partial charge is 0.248 e. The highest BCUT2D eigenvalue weighted by Crippen LogP contribution is 2.35. The molecule has 28 heavy (non-hydrogen) atoms. The molecule has 0 unspecified atom stereocenters. The van der Waals surface area contributed by atoms with Crippen LogP contribution >= 0.6 is 0 Å². The van der Waals surface area contributed by atoms with Crippen molar-refractivity contribution in [1.82, 2.24) is 15.0 Å². The fourth-order valence-electron chi connectivity index (χ4n) is 3.77. The molecule has 2 aromatic heterocycles. The molecule has 0 aromatic carbocycles. The van der Waals surface area contributed by atoms with E-state index in [1.165, 1.54) is 5.56 Å². The summed E-state index contributed by atoms with van der Waals surface area (Å²) in [5.74, 6) is -1.24. The summed E-state index contributed by atoms with van der Waals surface area (Å²) in [7, 11) is 0. The Morgan fingerprint density at radius 1 is 1.18 bits per heavy atom. The summed E-state index contributed by atoms with van der Waals surface area (Å²) >= 11 is 0. The maximum Gasteiger partial charge on any atom is 0.248 e. The Morgan fingerprint density at radius 2 is 1.96 bits per heavy atom. The molecule has 4 nitrogen and oxygen atoms in total. The zero-order valence-electron chi connectivity index (χ0n) is 16.8. The minimum atomic E-state index is -2.67. The van der Waals surface area contributed by atoms with Crippen LogP contribution in [0.2, 0.25) is 0 Å². The number of unbranched alkanes of at least 4 members (excludes halogenated alkanes) is 1. The lowest BCUT2D eigenvalue weighted by molar-refractivity contribution is -0.0251. The van der Waals surface area contributed by atoms with Gasteiger partial charge in [-0.15, -0.1) is 0 Å². The number of anilines is 1. The number of hydrogen-bond donors (Lipinski definition) is 1. The Bertz CT molecular complexity index is 762. The van der Waals surface area contributed by atoms with E-state index in [9.17, 15) is 8.78 Å². The summed E-state index contributed by atoms with van der Waals surface area (Å²) in [6.45, 7) is 4.70. The largest absolute Gasteiger partial charge is 0.370 e. The molecule has 0 saturated heterocycles. The molecular formula is C22H30F2N4. The van der Waals surface area contributed by atoms with Gasteiger partial charge in [0.15, 0.2) is 0 Å². The minimum Gasteiger partial charge on any atom is -0.370 e. The summed E-state index contributed by atoms with van der Waals surface area (Å²) in [5, 5.41) is 3.32. The van der Waals surface area contributed by atoms with Gasteiger partial charge in [0.2, 0.25) is 5.92 Å². The van der Waals surface area contributed by atoms with Crippen molar-refractivity contribution in [2.45, 2.75) is 77.1 Å². The second-order valence-electron chi connectivity index (χ2n) is 7.78. The maximum absolute atomic E-state index is 14.5. The van der Waals surface area contributed by atoms with Gasteiger partial charge < -0.3 is 5.32 Å². The van der Waals surface area contributed by atoms with Crippen molar-refractivity contribution >= 4 is 5.82 Å². The van der Waals surface area contributed by atoms with E-state index in [1.54, 1.807) is 19.3 Å². The van der Waals surface area contributed by atoms with Gasteiger partial charge in [-0.05, 0) is 68.6 Å². The van der Waals surface area contributed by atoms with Crippen LogP contribution in [0, 0.1) is 6.92 Å². The van der Waals surface area contributed by atoms with E-state index >= 15 is 0 Å². The van der Waals surface area contributed by atoms with Gasteiger partial charge in [0.25, 0.3) is 0 Å². The number of hydrogen-bond acceptors (Lipinski definition) is 4. The number of pyridine rings is 1. The van der Waals surface area contributed by atoms with Gasteiger partial charge in [0.05, 0.1) is 0 Å². The molecule has 1 atom stereocenters. The molecule has 0 amide bonds. The second-order valence-corrected chi connectivity index (χ2v) is 7.78. The van der Waals surface area contributed by atoms with E-state index in [0.717, 1.165) is 49.3 Å². The zero-order valence-corrected chi connectivity index (χ0v) is 16.8. The van der Waals surface area contributed by atoms with Crippen molar-refractivity contribution in [3.05, 3.63) is 47.2 Å². The van der Waals surface area contributed by atoms with Crippen molar-refractivity contribution in [2.24, 2.45) is 0 Å². The molecule has 6 heteroatoms. The fourth-order valence-corrected chi connectivity index (χ4v) is 3.77. The summed E-state index contributed by atoms with van der Waals surface area (Å²) in [4.78, 5) is 12.9. The normalized spacial score (nSPS) is 15.0. The van der Waals surface area contributed by atoms with E-state index in [4.69, 9.17) is 0 Å². The summed E-state index contributed by atoms with van der Waals surface area (Å²) in [6.07, 6.45) is 7.97. The van der Waals surface area contributed by atoms with E-state index in [2.05, 4.69) is 26.3 Å². The second kappa shape index (κ2) is 9.39. The first kappa shape index (κ1) is 20.6.